The van der Waals surface area contributed by atoms with Crippen LogP contribution in [0.25, 0.3) is 0 Å². The predicted octanol–water partition coefficient (Wildman–Crippen LogP) is 1.29. The van der Waals surface area contributed by atoms with Crippen LogP contribution in [0.4, 0.5) is 5.82 Å². The van der Waals surface area contributed by atoms with Gasteiger partial charge in [-0.3, -0.25) is 0 Å². The topological polar surface area (TPSA) is 78.7 Å². The molecule has 0 aliphatic carbocycles. The van der Waals surface area contributed by atoms with E-state index in [9.17, 15) is 5.21 Å². The van der Waals surface area contributed by atoms with Crippen molar-refractivity contribution < 1.29 is 4.73 Å². The maximum Gasteiger partial charge on any atom is 0.203 e. The van der Waals surface area contributed by atoms with Gasteiger partial charge in [-0.1, -0.05) is 11.8 Å². The quantitative estimate of drug-likeness (QED) is 0.383. The minimum atomic E-state index is 0.447. The first kappa shape index (κ1) is 11.7. The molecule has 0 bridgehead atoms. The van der Waals surface area contributed by atoms with Crippen molar-refractivity contribution >= 4 is 17.6 Å². The number of nitrogen functional groups attached to an aromatic ring is 1. The number of rotatable bonds is 3. The van der Waals surface area contributed by atoms with Crippen LogP contribution in [0.15, 0.2) is 35.5 Å². The first-order valence-corrected chi connectivity index (χ1v) is 6.05. The van der Waals surface area contributed by atoms with Crippen molar-refractivity contribution in [2.75, 3.05) is 5.73 Å². The summed E-state index contributed by atoms with van der Waals surface area (Å²) in [7, 11) is 0. The van der Waals surface area contributed by atoms with Crippen molar-refractivity contribution in [1.82, 2.24) is 9.97 Å². The summed E-state index contributed by atoms with van der Waals surface area (Å²) >= 11 is 1.46. The van der Waals surface area contributed by atoms with Gasteiger partial charge in [0.2, 0.25) is 5.69 Å². The van der Waals surface area contributed by atoms with Crippen LogP contribution in [0, 0.1) is 12.1 Å². The fourth-order valence-electron chi connectivity index (χ4n) is 1.36. The SMILES string of the molecule is Cc1nc(N)cc(SCc2cccc[n+]2[O-])n1. The van der Waals surface area contributed by atoms with E-state index in [0.717, 1.165) is 9.76 Å². The highest BCUT2D eigenvalue weighted by Gasteiger charge is 2.06. The van der Waals surface area contributed by atoms with Crippen LogP contribution in [0.2, 0.25) is 0 Å². The van der Waals surface area contributed by atoms with Crippen LogP contribution in [-0.4, -0.2) is 9.97 Å². The molecule has 2 aromatic heterocycles. The summed E-state index contributed by atoms with van der Waals surface area (Å²) in [5.74, 6) is 1.64. The molecule has 0 amide bonds. The first-order valence-electron chi connectivity index (χ1n) is 5.06. The van der Waals surface area contributed by atoms with E-state index in [-0.39, 0.29) is 0 Å². The van der Waals surface area contributed by atoms with E-state index in [1.807, 2.05) is 6.07 Å². The average Bonchev–Trinajstić information content (AvgIpc) is 2.27. The molecule has 0 spiro atoms. The summed E-state index contributed by atoms with van der Waals surface area (Å²) in [5.41, 5.74) is 6.31. The number of pyridine rings is 1. The van der Waals surface area contributed by atoms with Crippen LogP contribution in [-0.2, 0) is 5.75 Å². The Morgan fingerprint density at radius 1 is 1.41 bits per heavy atom. The summed E-state index contributed by atoms with van der Waals surface area (Å²) in [4.78, 5) is 8.23. The van der Waals surface area contributed by atoms with Gasteiger partial charge in [-0.15, -0.1) is 0 Å². The number of nitrogens with zero attached hydrogens (tertiary/aromatic N) is 3. The number of thioether (sulfide) groups is 1. The Morgan fingerprint density at radius 3 is 2.94 bits per heavy atom. The lowest BCUT2D eigenvalue weighted by atomic mass is 10.4. The van der Waals surface area contributed by atoms with E-state index in [2.05, 4.69) is 9.97 Å². The van der Waals surface area contributed by atoms with Gasteiger partial charge in [0, 0.05) is 18.2 Å². The Bertz CT molecular complexity index is 512. The molecule has 0 aliphatic heterocycles. The van der Waals surface area contributed by atoms with Gasteiger partial charge in [-0.2, -0.15) is 4.73 Å². The summed E-state index contributed by atoms with van der Waals surface area (Å²) in [6, 6.07) is 7.03. The number of aryl methyl sites for hydroxylation is 1. The second-order valence-electron chi connectivity index (χ2n) is 3.48. The van der Waals surface area contributed by atoms with E-state index in [4.69, 9.17) is 5.73 Å². The monoisotopic (exact) mass is 248 g/mol. The van der Waals surface area contributed by atoms with Gasteiger partial charge in [-0.25, -0.2) is 9.97 Å². The molecule has 0 aliphatic rings. The third-order valence-electron chi connectivity index (χ3n) is 2.11. The smallest absolute Gasteiger partial charge is 0.203 e. The summed E-state index contributed by atoms with van der Waals surface area (Å²) < 4.78 is 0.852. The summed E-state index contributed by atoms with van der Waals surface area (Å²) in [6.45, 7) is 1.79. The highest BCUT2D eigenvalue weighted by Crippen LogP contribution is 2.20. The molecule has 0 saturated heterocycles. The van der Waals surface area contributed by atoms with Gasteiger partial charge < -0.3 is 10.9 Å². The lowest BCUT2D eigenvalue weighted by Gasteiger charge is -2.04. The molecule has 2 heterocycles. The molecule has 0 unspecified atom stereocenters. The number of hydrogen-bond acceptors (Lipinski definition) is 5. The maximum absolute atomic E-state index is 11.4. The molecule has 88 valence electrons. The normalized spacial score (nSPS) is 10.4. The van der Waals surface area contributed by atoms with E-state index >= 15 is 0 Å². The molecule has 6 heteroatoms. The molecule has 17 heavy (non-hydrogen) atoms. The second-order valence-corrected chi connectivity index (χ2v) is 4.48. The minimum absolute atomic E-state index is 0.447. The van der Waals surface area contributed by atoms with Gasteiger partial charge in [0.05, 0.1) is 5.75 Å². The van der Waals surface area contributed by atoms with E-state index < -0.39 is 0 Å². The lowest BCUT2D eigenvalue weighted by molar-refractivity contribution is -0.612. The van der Waals surface area contributed by atoms with Crippen LogP contribution < -0.4 is 10.5 Å². The van der Waals surface area contributed by atoms with Gasteiger partial charge >= 0.3 is 0 Å². The molecule has 0 radical (unpaired) electrons. The fourth-order valence-corrected chi connectivity index (χ4v) is 2.28. The Kier molecular flexibility index (Phi) is 3.43. The third kappa shape index (κ3) is 3.07. The molecular formula is C11H12N4OS. The molecular weight excluding hydrogens is 236 g/mol. The highest BCUT2D eigenvalue weighted by molar-refractivity contribution is 7.98. The van der Waals surface area contributed by atoms with E-state index in [1.54, 1.807) is 25.1 Å². The zero-order valence-corrected chi connectivity index (χ0v) is 10.1. The van der Waals surface area contributed by atoms with Gasteiger partial charge in [0.1, 0.15) is 16.7 Å². The maximum atomic E-state index is 11.4. The molecule has 2 N–H and O–H groups in total. The fraction of sp³-hybridized carbons (Fsp3) is 0.182. The Hall–Kier alpha value is -1.82. The first-order chi connectivity index (χ1) is 8.15. The highest BCUT2D eigenvalue weighted by atomic mass is 32.2. The van der Waals surface area contributed by atoms with Crippen LogP contribution >= 0.6 is 11.8 Å². The number of nitrogens with two attached hydrogens (primary N) is 1. The Morgan fingerprint density at radius 2 is 2.24 bits per heavy atom. The van der Waals surface area contributed by atoms with Crippen LogP contribution in [0.1, 0.15) is 11.5 Å². The molecule has 5 nitrogen and oxygen atoms in total. The number of anilines is 1. The van der Waals surface area contributed by atoms with Crippen LogP contribution in [0.3, 0.4) is 0 Å². The largest absolute Gasteiger partial charge is 0.618 e. The van der Waals surface area contributed by atoms with Gasteiger partial charge in [-0.05, 0) is 13.0 Å². The molecule has 2 aromatic rings. The van der Waals surface area contributed by atoms with E-state index in [1.165, 1.54) is 18.0 Å². The van der Waals surface area contributed by atoms with Crippen molar-refractivity contribution in [1.29, 1.82) is 0 Å². The average molecular weight is 248 g/mol. The zero-order valence-electron chi connectivity index (χ0n) is 9.33. The minimum Gasteiger partial charge on any atom is -0.618 e. The third-order valence-corrected chi connectivity index (χ3v) is 3.05. The molecule has 0 aromatic carbocycles. The van der Waals surface area contributed by atoms with Crippen molar-refractivity contribution in [2.24, 2.45) is 0 Å². The van der Waals surface area contributed by atoms with Crippen molar-refractivity contribution in [3.63, 3.8) is 0 Å². The zero-order chi connectivity index (χ0) is 12.3. The molecule has 0 saturated carbocycles. The van der Waals surface area contributed by atoms with Gasteiger partial charge in [0.25, 0.3) is 0 Å². The van der Waals surface area contributed by atoms with Crippen LogP contribution in [0.5, 0.6) is 0 Å². The lowest BCUT2D eigenvalue weighted by Crippen LogP contribution is -2.30. The second kappa shape index (κ2) is 5.01. The number of aromatic nitrogens is 3. The van der Waals surface area contributed by atoms with Gasteiger partial charge in [0.15, 0.2) is 6.20 Å². The standard InChI is InChI=1S/C11H12N4OS/c1-8-13-10(12)6-11(14-8)17-7-9-4-2-3-5-15(9)16/h2-6H,7H2,1H3,(H2,12,13,14). The van der Waals surface area contributed by atoms with E-state index in [0.29, 0.717) is 23.1 Å². The van der Waals surface area contributed by atoms with Crippen molar-refractivity contribution in [2.45, 2.75) is 17.7 Å². The Labute approximate surface area is 103 Å². The van der Waals surface area contributed by atoms with Crippen molar-refractivity contribution in [3.05, 3.63) is 47.2 Å². The van der Waals surface area contributed by atoms with Crippen molar-refractivity contribution in [3.8, 4) is 0 Å². The molecule has 0 fully saturated rings. The summed E-state index contributed by atoms with van der Waals surface area (Å²) in [6.07, 6.45) is 1.48. The molecule has 0 atom stereocenters. The molecule has 2 rings (SSSR count). The summed E-state index contributed by atoms with van der Waals surface area (Å²) in [5, 5.41) is 12.2. The number of hydrogen-bond donors (Lipinski definition) is 1. The Balaban J connectivity index is 2.10. The predicted molar refractivity (Wildman–Crippen MR) is 66.1 cm³/mol.